The third-order valence-electron chi connectivity index (χ3n) is 5.65. The van der Waals surface area contributed by atoms with Crippen molar-refractivity contribution in [1.29, 1.82) is 0 Å². The third-order valence-corrected chi connectivity index (χ3v) is 5.65. The molecule has 1 heterocycles. The number of phenols is 1. The molecule has 4 heteroatoms. The van der Waals surface area contributed by atoms with Crippen LogP contribution in [-0.2, 0) is 11.3 Å². The lowest BCUT2D eigenvalue weighted by Gasteiger charge is -2.12. The number of hydrogen-bond acceptors (Lipinski definition) is 3. The number of fused-ring (bicyclic) bond motifs is 3. The minimum Gasteiger partial charge on any atom is -0.507 e. The highest BCUT2D eigenvalue weighted by Crippen LogP contribution is 2.40. The summed E-state index contributed by atoms with van der Waals surface area (Å²) in [6.45, 7) is 6.96. The standard InChI is InChI=1S/C25H25NO3/c1-15(2)18-12-21-24(22(27)13-18)23-19(25(28)29-4)10-7-11-20(23)26(21)14-17-9-6-5-8-16(17)3/h5-13,15,27H,14H2,1-4H3. The first-order chi connectivity index (χ1) is 13.9. The van der Waals surface area contributed by atoms with Gasteiger partial charge in [0.2, 0.25) is 0 Å². The number of hydrogen-bond donors (Lipinski definition) is 1. The van der Waals surface area contributed by atoms with Crippen molar-refractivity contribution < 1.29 is 14.6 Å². The lowest BCUT2D eigenvalue weighted by atomic mass is 9.99. The summed E-state index contributed by atoms with van der Waals surface area (Å²) in [6, 6.07) is 17.8. The summed E-state index contributed by atoms with van der Waals surface area (Å²) in [5, 5.41) is 12.4. The second-order valence-electron chi connectivity index (χ2n) is 7.79. The number of nitrogens with zero attached hydrogens (tertiary/aromatic N) is 1. The topological polar surface area (TPSA) is 51.5 Å². The molecule has 0 saturated carbocycles. The number of benzene rings is 3. The molecule has 0 radical (unpaired) electrons. The quantitative estimate of drug-likeness (QED) is 0.453. The number of esters is 1. The Morgan fingerprint density at radius 2 is 1.79 bits per heavy atom. The summed E-state index contributed by atoms with van der Waals surface area (Å²) < 4.78 is 7.20. The van der Waals surface area contributed by atoms with Crippen LogP contribution in [0, 0.1) is 6.92 Å². The number of aromatic hydroxyl groups is 1. The van der Waals surface area contributed by atoms with Crippen molar-refractivity contribution in [2.24, 2.45) is 0 Å². The van der Waals surface area contributed by atoms with Crippen LogP contribution in [0.1, 0.15) is 46.8 Å². The Morgan fingerprint density at radius 1 is 1.03 bits per heavy atom. The molecule has 0 aliphatic rings. The Morgan fingerprint density at radius 3 is 2.48 bits per heavy atom. The van der Waals surface area contributed by atoms with E-state index in [2.05, 4.69) is 43.5 Å². The summed E-state index contributed by atoms with van der Waals surface area (Å²) >= 11 is 0. The minimum atomic E-state index is -0.405. The summed E-state index contributed by atoms with van der Waals surface area (Å²) in [5.74, 6) is 0.0595. The van der Waals surface area contributed by atoms with Crippen LogP contribution in [0.2, 0.25) is 0 Å². The van der Waals surface area contributed by atoms with E-state index in [0.717, 1.165) is 22.0 Å². The van der Waals surface area contributed by atoms with E-state index in [4.69, 9.17) is 4.74 Å². The Balaban J connectivity index is 2.11. The van der Waals surface area contributed by atoms with Gasteiger partial charge in [-0.3, -0.25) is 0 Å². The molecule has 0 atom stereocenters. The molecule has 0 aliphatic carbocycles. The van der Waals surface area contributed by atoms with Gasteiger partial charge in [0, 0.05) is 11.9 Å². The summed E-state index contributed by atoms with van der Waals surface area (Å²) in [6.07, 6.45) is 0. The number of aryl methyl sites for hydroxylation is 1. The van der Waals surface area contributed by atoms with Crippen LogP contribution in [0.15, 0.2) is 54.6 Å². The summed E-state index contributed by atoms with van der Waals surface area (Å²) in [7, 11) is 1.38. The van der Waals surface area contributed by atoms with Crippen molar-refractivity contribution >= 4 is 27.8 Å². The van der Waals surface area contributed by atoms with Crippen molar-refractivity contribution in [2.45, 2.75) is 33.2 Å². The molecule has 0 fully saturated rings. The van der Waals surface area contributed by atoms with Gasteiger partial charge in [-0.25, -0.2) is 4.79 Å². The zero-order valence-corrected chi connectivity index (χ0v) is 17.2. The Labute approximate surface area is 170 Å². The molecule has 4 nitrogen and oxygen atoms in total. The van der Waals surface area contributed by atoms with Crippen molar-refractivity contribution in [3.63, 3.8) is 0 Å². The van der Waals surface area contributed by atoms with Gasteiger partial charge in [0.1, 0.15) is 5.75 Å². The van der Waals surface area contributed by atoms with Crippen LogP contribution in [0.3, 0.4) is 0 Å². The number of ether oxygens (including phenoxy) is 1. The molecule has 0 spiro atoms. The van der Waals surface area contributed by atoms with Gasteiger partial charge in [0.25, 0.3) is 0 Å². The Kier molecular flexibility index (Phi) is 4.79. The van der Waals surface area contributed by atoms with Crippen LogP contribution in [0.4, 0.5) is 0 Å². The van der Waals surface area contributed by atoms with E-state index in [1.54, 1.807) is 12.1 Å². The molecule has 0 bridgehead atoms. The lowest BCUT2D eigenvalue weighted by molar-refractivity contribution is 0.0603. The van der Waals surface area contributed by atoms with Gasteiger partial charge in [-0.1, -0.05) is 44.2 Å². The van der Waals surface area contributed by atoms with Gasteiger partial charge < -0.3 is 14.4 Å². The fraction of sp³-hybridized carbons (Fsp3) is 0.240. The van der Waals surface area contributed by atoms with Crippen molar-refractivity contribution in [1.82, 2.24) is 4.57 Å². The molecule has 0 aliphatic heterocycles. The van der Waals surface area contributed by atoms with Gasteiger partial charge in [-0.15, -0.1) is 0 Å². The average Bonchev–Trinajstić information content (AvgIpc) is 3.03. The van der Waals surface area contributed by atoms with Crippen LogP contribution in [0.25, 0.3) is 21.8 Å². The third kappa shape index (κ3) is 3.15. The molecule has 4 rings (SSSR count). The van der Waals surface area contributed by atoms with E-state index in [1.165, 1.54) is 18.2 Å². The van der Waals surface area contributed by atoms with Crippen molar-refractivity contribution in [2.75, 3.05) is 7.11 Å². The first-order valence-corrected chi connectivity index (χ1v) is 9.83. The second kappa shape index (κ2) is 7.28. The zero-order valence-electron chi connectivity index (χ0n) is 17.2. The van der Waals surface area contributed by atoms with Gasteiger partial charge >= 0.3 is 5.97 Å². The maximum atomic E-state index is 12.5. The Bertz CT molecular complexity index is 1230. The lowest BCUT2D eigenvalue weighted by Crippen LogP contribution is -2.03. The number of carbonyl (C=O) groups is 1. The molecule has 4 aromatic rings. The Hall–Kier alpha value is -3.27. The van der Waals surface area contributed by atoms with Crippen LogP contribution < -0.4 is 0 Å². The van der Waals surface area contributed by atoms with E-state index < -0.39 is 5.97 Å². The minimum absolute atomic E-state index is 0.191. The molecule has 148 valence electrons. The molecule has 1 aromatic heterocycles. The van der Waals surface area contributed by atoms with Gasteiger partial charge in [0.05, 0.1) is 29.1 Å². The van der Waals surface area contributed by atoms with E-state index in [-0.39, 0.29) is 11.7 Å². The highest BCUT2D eigenvalue weighted by molar-refractivity contribution is 6.19. The first-order valence-electron chi connectivity index (χ1n) is 9.83. The van der Waals surface area contributed by atoms with E-state index in [0.29, 0.717) is 17.5 Å². The average molecular weight is 387 g/mol. The van der Waals surface area contributed by atoms with E-state index >= 15 is 0 Å². The number of aromatic nitrogens is 1. The number of rotatable bonds is 4. The predicted molar refractivity (Wildman–Crippen MR) is 117 cm³/mol. The molecule has 0 amide bonds. The molecule has 0 unspecified atom stereocenters. The fourth-order valence-corrected chi connectivity index (χ4v) is 4.00. The highest BCUT2D eigenvalue weighted by atomic mass is 16.5. The first kappa shape index (κ1) is 19.1. The highest BCUT2D eigenvalue weighted by Gasteiger charge is 2.22. The molecule has 0 saturated heterocycles. The van der Waals surface area contributed by atoms with E-state index in [1.807, 2.05) is 24.3 Å². The normalized spacial score (nSPS) is 11.5. The van der Waals surface area contributed by atoms with Crippen LogP contribution in [0.5, 0.6) is 5.75 Å². The van der Waals surface area contributed by atoms with Crippen LogP contribution >= 0.6 is 0 Å². The number of phenolic OH excluding ortho intramolecular Hbond substituents is 1. The smallest absolute Gasteiger partial charge is 0.338 e. The number of methoxy groups -OCH3 is 1. The zero-order chi connectivity index (χ0) is 20.7. The van der Waals surface area contributed by atoms with Crippen molar-refractivity contribution in [3.05, 3.63) is 76.9 Å². The van der Waals surface area contributed by atoms with E-state index in [9.17, 15) is 9.90 Å². The molecular weight excluding hydrogens is 362 g/mol. The van der Waals surface area contributed by atoms with Crippen LogP contribution in [-0.4, -0.2) is 22.8 Å². The van der Waals surface area contributed by atoms with Gasteiger partial charge in [-0.2, -0.15) is 0 Å². The maximum absolute atomic E-state index is 12.5. The summed E-state index contributed by atoms with van der Waals surface area (Å²) in [5.41, 5.74) is 5.75. The second-order valence-corrected chi connectivity index (χ2v) is 7.79. The predicted octanol–water partition coefficient (Wildman–Crippen LogP) is 5.77. The molecular formula is C25H25NO3. The largest absolute Gasteiger partial charge is 0.507 e. The fourth-order valence-electron chi connectivity index (χ4n) is 4.00. The monoisotopic (exact) mass is 387 g/mol. The number of carbonyl (C=O) groups excluding carboxylic acids is 1. The molecule has 1 N–H and O–H groups in total. The van der Waals surface area contributed by atoms with Crippen molar-refractivity contribution in [3.8, 4) is 5.75 Å². The van der Waals surface area contributed by atoms with Gasteiger partial charge in [0.15, 0.2) is 0 Å². The summed E-state index contributed by atoms with van der Waals surface area (Å²) in [4.78, 5) is 12.5. The van der Waals surface area contributed by atoms with Gasteiger partial charge in [-0.05, 0) is 53.8 Å². The maximum Gasteiger partial charge on any atom is 0.338 e. The molecule has 3 aromatic carbocycles. The molecule has 29 heavy (non-hydrogen) atoms. The SMILES string of the molecule is COC(=O)c1cccc2c1c1c(O)cc(C(C)C)cc1n2Cc1ccccc1C.